The van der Waals surface area contributed by atoms with Crippen LogP contribution in [0.3, 0.4) is 0 Å². The summed E-state index contributed by atoms with van der Waals surface area (Å²) in [5.41, 5.74) is 9.92. The Hall–Kier alpha value is -4.12. The molecule has 2 N–H and O–H groups in total. The van der Waals surface area contributed by atoms with Crippen molar-refractivity contribution in [3.63, 3.8) is 0 Å². The molecule has 8 heteroatoms. The lowest BCUT2D eigenvalue weighted by Gasteiger charge is -2.15. The molecule has 1 amide bonds. The number of rotatable bonds is 2. The van der Waals surface area contributed by atoms with Gasteiger partial charge in [0.2, 0.25) is 5.91 Å². The molecule has 1 aliphatic rings. The number of nitrogens with zero attached hydrogens (tertiary/aromatic N) is 5. The predicted octanol–water partition coefficient (Wildman–Crippen LogP) is 2.51. The van der Waals surface area contributed by atoms with Gasteiger partial charge in [-0.2, -0.15) is 0 Å². The summed E-state index contributed by atoms with van der Waals surface area (Å²) in [6.45, 7) is 4.84. The van der Waals surface area contributed by atoms with Gasteiger partial charge >= 0.3 is 0 Å². The molecule has 0 spiro atoms. The van der Waals surface area contributed by atoms with Gasteiger partial charge in [0.05, 0.1) is 17.0 Å². The van der Waals surface area contributed by atoms with Crippen molar-refractivity contribution in [3.8, 4) is 11.8 Å². The Morgan fingerprint density at radius 2 is 2.20 bits per heavy atom. The first kappa shape index (κ1) is 17.9. The summed E-state index contributed by atoms with van der Waals surface area (Å²) >= 11 is 0. The Morgan fingerprint density at radius 3 is 3.07 bits per heavy atom. The van der Waals surface area contributed by atoms with Gasteiger partial charge in [0, 0.05) is 24.8 Å². The molecular weight excluding hydrogens is 380 g/mol. The van der Waals surface area contributed by atoms with Crippen molar-refractivity contribution in [3.05, 3.63) is 60.9 Å². The minimum atomic E-state index is -0.0636. The van der Waals surface area contributed by atoms with Crippen LogP contribution in [-0.2, 0) is 4.79 Å². The number of carbonyl (C=O) groups is 1. The minimum absolute atomic E-state index is 0.0636. The molecule has 1 aromatic carbocycles. The van der Waals surface area contributed by atoms with Crippen LogP contribution in [0.4, 0.5) is 5.82 Å². The second-order valence-electron chi connectivity index (χ2n) is 7.12. The van der Waals surface area contributed by atoms with Gasteiger partial charge in [0.25, 0.3) is 0 Å². The number of fused-ring (bicyclic) bond motifs is 2. The number of benzene rings is 1. The van der Waals surface area contributed by atoms with E-state index in [-0.39, 0.29) is 11.9 Å². The zero-order chi connectivity index (χ0) is 20.7. The van der Waals surface area contributed by atoms with Crippen LogP contribution in [0.25, 0.3) is 22.1 Å². The third-order valence-electron chi connectivity index (χ3n) is 5.35. The van der Waals surface area contributed by atoms with Crippen molar-refractivity contribution in [1.82, 2.24) is 24.4 Å². The van der Waals surface area contributed by atoms with Gasteiger partial charge in [0.15, 0.2) is 12.0 Å². The molecule has 8 nitrogen and oxygen atoms in total. The van der Waals surface area contributed by atoms with Crippen LogP contribution in [0.15, 0.2) is 54.2 Å². The van der Waals surface area contributed by atoms with Gasteiger partial charge in [-0.3, -0.25) is 4.79 Å². The maximum Gasteiger partial charge on any atom is 0.246 e. The van der Waals surface area contributed by atoms with Crippen LogP contribution in [0.5, 0.6) is 0 Å². The number of amides is 1. The number of carbonyl (C=O) groups excluding carboxylic acids is 1. The molecule has 1 saturated heterocycles. The monoisotopic (exact) mass is 398 g/mol. The first-order valence-corrected chi connectivity index (χ1v) is 9.51. The number of nitrogen functional groups attached to an aromatic ring is 1. The molecule has 1 fully saturated rings. The summed E-state index contributed by atoms with van der Waals surface area (Å²) in [6.07, 6.45) is 6.98. The maximum absolute atomic E-state index is 12.0. The normalized spacial score (nSPS) is 16.0. The van der Waals surface area contributed by atoms with E-state index in [2.05, 4.69) is 37.9 Å². The van der Waals surface area contributed by atoms with E-state index in [0.717, 1.165) is 39.7 Å². The molecule has 0 aliphatic carbocycles. The molecule has 4 aromatic rings. The van der Waals surface area contributed by atoms with E-state index in [0.29, 0.717) is 18.9 Å². The number of oxazole rings is 1. The Morgan fingerprint density at radius 1 is 1.30 bits per heavy atom. The van der Waals surface area contributed by atoms with Crippen molar-refractivity contribution >= 4 is 33.9 Å². The third-order valence-corrected chi connectivity index (χ3v) is 5.35. The standard InChI is InChI=1S/C22H18N6O2/c1-2-19(29)27-8-7-16(11-27)28-10-15(20-21(23)24-12-25-22(20)28)5-3-14-4-6-18-17(9-14)26-13-30-18/h2,4,6,9-10,12-13,16H,1,7-8,11H2,(H2,23,24,25). The van der Waals surface area contributed by atoms with E-state index >= 15 is 0 Å². The fourth-order valence-corrected chi connectivity index (χ4v) is 3.85. The first-order chi connectivity index (χ1) is 14.6. The molecular formula is C22H18N6O2. The molecule has 0 saturated carbocycles. The maximum atomic E-state index is 12.0. The Balaban J connectivity index is 1.55. The zero-order valence-electron chi connectivity index (χ0n) is 16.1. The van der Waals surface area contributed by atoms with Crippen LogP contribution in [0.2, 0.25) is 0 Å². The van der Waals surface area contributed by atoms with Gasteiger partial charge in [-0.15, -0.1) is 0 Å². The number of nitrogens with two attached hydrogens (primary N) is 1. The predicted molar refractivity (Wildman–Crippen MR) is 112 cm³/mol. The highest BCUT2D eigenvalue weighted by Crippen LogP contribution is 2.30. The number of aromatic nitrogens is 4. The van der Waals surface area contributed by atoms with E-state index in [9.17, 15) is 4.79 Å². The SMILES string of the molecule is C=CC(=O)N1CCC(n2cc(C#Cc3ccc4ocnc4c3)c3c(N)ncnc32)C1. The molecule has 4 heterocycles. The lowest BCUT2D eigenvalue weighted by Crippen LogP contribution is -2.27. The highest BCUT2D eigenvalue weighted by molar-refractivity contribution is 5.92. The fraction of sp³-hybridized carbons (Fsp3) is 0.182. The summed E-state index contributed by atoms with van der Waals surface area (Å²) in [4.78, 5) is 26.5. The molecule has 148 valence electrons. The summed E-state index contributed by atoms with van der Waals surface area (Å²) in [5.74, 6) is 6.69. The molecule has 30 heavy (non-hydrogen) atoms. The molecule has 3 aromatic heterocycles. The average molecular weight is 398 g/mol. The first-order valence-electron chi connectivity index (χ1n) is 9.51. The molecule has 0 bridgehead atoms. The summed E-state index contributed by atoms with van der Waals surface area (Å²) in [7, 11) is 0. The molecule has 1 atom stereocenters. The van der Waals surface area contributed by atoms with Crippen LogP contribution in [0, 0.1) is 11.8 Å². The van der Waals surface area contributed by atoms with Gasteiger partial charge in [-0.1, -0.05) is 18.4 Å². The minimum Gasteiger partial charge on any atom is -0.443 e. The second kappa shape index (κ2) is 7.04. The van der Waals surface area contributed by atoms with Crippen molar-refractivity contribution < 1.29 is 9.21 Å². The van der Waals surface area contributed by atoms with Gasteiger partial charge in [-0.05, 0) is 30.7 Å². The highest BCUT2D eigenvalue weighted by Gasteiger charge is 2.28. The topological polar surface area (TPSA) is 103 Å². The summed E-state index contributed by atoms with van der Waals surface area (Å²) in [5, 5.41) is 0.723. The van der Waals surface area contributed by atoms with Crippen LogP contribution >= 0.6 is 0 Å². The lowest BCUT2D eigenvalue weighted by molar-refractivity contribution is -0.125. The third kappa shape index (κ3) is 2.97. The van der Waals surface area contributed by atoms with Crippen molar-refractivity contribution in [2.45, 2.75) is 12.5 Å². The van der Waals surface area contributed by atoms with Gasteiger partial charge in [-0.25, -0.2) is 15.0 Å². The molecule has 1 aliphatic heterocycles. The number of anilines is 1. The highest BCUT2D eigenvalue weighted by atomic mass is 16.3. The molecule has 0 radical (unpaired) electrons. The van der Waals surface area contributed by atoms with Gasteiger partial charge in [0.1, 0.15) is 23.3 Å². The van der Waals surface area contributed by atoms with E-state index in [1.54, 1.807) is 4.90 Å². The van der Waals surface area contributed by atoms with E-state index in [1.165, 1.54) is 18.8 Å². The number of likely N-dealkylation sites (tertiary alicyclic amines) is 1. The lowest BCUT2D eigenvalue weighted by atomic mass is 10.2. The quantitative estimate of drug-likeness (QED) is 0.411. The summed E-state index contributed by atoms with van der Waals surface area (Å²) < 4.78 is 7.32. The Labute approximate surface area is 172 Å². The van der Waals surface area contributed by atoms with Crippen LogP contribution in [0.1, 0.15) is 23.6 Å². The van der Waals surface area contributed by atoms with E-state index < -0.39 is 0 Å². The average Bonchev–Trinajstić information content (AvgIpc) is 3.49. The zero-order valence-corrected chi connectivity index (χ0v) is 16.1. The van der Waals surface area contributed by atoms with Crippen molar-refractivity contribution in [1.29, 1.82) is 0 Å². The number of hydrogen-bond donors (Lipinski definition) is 1. The van der Waals surface area contributed by atoms with E-state index in [1.807, 2.05) is 24.4 Å². The fourth-order valence-electron chi connectivity index (χ4n) is 3.85. The largest absolute Gasteiger partial charge is 0.443 e. The smallest absolute Gasteiger partial charge is 0.246 e. The summed E-state index contributed by atoms with van der Waals surface area (Å²) in [6, 6.07) is 5.69. The number of hydrogen-bond acceptors (Lipinski definition) is 6. The van der Waals surface area contributed by atoms with Crippen LogP contribution < -0.4 is 5.73 Å². The van der Waals surface area contributed by atoms with Gasteiger partial charge < -0.3 is 19.6 Å². The van der Waals surface area contributed by atoms with Crippen molar-refractivity contribution in [2.24, 2.45) is 0 Å². The molecule has 1 unspecified atom stereocenters. The Bertz CT molecular complexity index is 1360. The van der Waals surface area contributed by atoms with E-state index in [4.69, 9.17) is 10.2 Å². The second-order valence-corrected chi connectivity index (χ2v) is 7.12. The Kier molecular flexibility index (Phi) is 4.21. The molecule has 5 rings (SSSR count). The van der Waals surface area contributed by atoms with Crippen molar-refractivity contribution in [2.75, 3.05) is 18.8 Å². The van der Waals surface area contributed by atoms with Crippen LogP contribution in [-0.4, -0.2) is 43.4 Å².